The van der Waals surface area contributed by atoms with Crippen molar-refractivity contribution in [3.63, 3.8) is 0 Å². The highest BCUT2D eigenvalue weighted by molar-refractivity contribution is 5.87. The van der Waals surface area contributed by atoms with Gasteiger partial charge in [-0.2, -0.15) is 18.3 Å². The van der Waals surface area contributed by atoms with E-state index in [4.69, 9.17) is 5.11 Å². The van der Waals surface area contributed by atoms with Gasteiger partial charge in [-0.25, -0.2) is 14.5 Å². The first-order valence-electron chi connectivity index (χ1n) is 10.2. The Hall–Kier alpha value is -3.36. The highest BCUT2D eigenvalue weighted by atomic mass is 19.4. The van der Waals surface area contributed by atoms with Crippen molar-refractivity contribution in [3.05, 3.63) is 71.7 Å². The first kappa shape index (κ1) is 21.9. The summed E-state index contributed by atoms with van der Waals surface area (Å²) >= 11 is 0. The van der Waals surface area contributed by atoms with Crippen LogP contribution in [0.2, 0.25) is 0 Å². The SMILES string of the molecule is CC1(C)CC(C(Nc2ccc(-n3cc(C(F)(F)F)cn3)nc2)c2ccc(C(=O)O)cc2)C1. The lowest BCUT2D eigenvalue weighted by molar-refractivity contribution is -0.137. The van der Waals surface area contributed by atoms with Crippen molar-refractivity contribution in [2.24, 2.45) is 11.3 Å². The molecule has 0 amide bonds. The van der Waals surface area contributed by atoms with Crippen LogP contribution in [-0.2, 0) is 6.18 Å². The number of anilines is 1. The first-order chi connectivity index (χ1) is 15.0. The highest BCUT2D eigenvalue weighted by Crippen LogP contribution is 2.51. The number of nitrogens with one attached hydrogen (secondary N) is 1. The zero-order valence-electron chi connectivity index (χ0n) is 17.6. The number of hydrogen-bond donors (Lipinski definition) is 2. The number of halogens is 3. The summed E-state index contributed by atoms with van der Waals surface area (Å²) < 4.78 is 39.5. The quantitative estimate of drug-likeness (QED) is 0.519. The predicted octanol–water partition coefficient (Wildman–Crippen LogP) is 5.57. The molecule has 0 bridgehead atoms. The molecule has 1 aliphatic carbocycles. The number of aromatic nitrogens is 3. The number of hydrogen-bond acceptors (Lipinski definition) is 4. The lowest BCUT2D eigenvalue weighted by Crippen LogP contribution is -2.38. The smallest absolute Gasteiger partial charge is 0.419 e. The van der Waals surface area contributed by atoms with Crippen LogP contribution in [0, 0.1) is 11.3 Å². The van der Waals surface area contributed by atoms with Crippen molar-refractivity contribution in [2.45, 2.75) is 38.9 Å². The predicted molar refractivity (Wildman–Crippen MR) is 113 cm³/mol. The summed E-state index contributed by atoms with van der Waals surface area (Å²) in [5, 5.41) is 16.4. The summed E-state index contributed by atoms with van der Waals surface area (Å²) in [7, 11) is 0. The molecule has 32 heavy (non-hydrogen) atoms. The molecule has 1 saturated carbocycles. The fourth-order valence-corrected chi connectivity index (χ4v) is 4.28. The molecule has 9 heteroatoms. The van der Waals surface area contributed by atoms with E-state index in [9.17, 15) is 18.0 Å². The molecule has 1 fully saturated rings. The Balaban J connectivity index is 1.54. The normalized spacial score (nSPS) is 16.9. The Bertz CT molecular complexity index is 1100. The largest absolute Gasteiger partial charge is 0.478 e. The van der Waals surface area contributed by atoms with Crippen LogP contribution in [-0.4, -0.2) is 25.8 Å². The summed E-state index contributed by atoms with van der Waals surface area (Å²) in [5.41, 5.74) is 1.34. The van der Waals surface area contributed by atoms with Gasteiger partial charge in [0.05, 0.1) is 35.2 Å². The van der Waals surface area contributed by atoms with Crippen LogP contribution < -0.4 is 5.32 Å². The number of aromatic carboxylic acids is 1. The number of alkyl halides is 3. The van der Waals surface area contributed by atoms with E-state index in [1.54, 1.807) is 30.5 Å². The first-order valence-corrected chi connectivity index (χ1v) is 10.2. The molecule has 1 aromatic carbocycles. The minimum Gasteiger partial charge on any atom is -0.478 e. The van der Waals surface area contributed by atoms with Gasteiger partial charge in [0, 0.05) is 6.20 Å². The average molecular weight is 444 g/mol. The minimum atomic E-state index is -4.46. The highest BCUT2D eigenvalue weighted by Gasteiger charge is 2.41. The third-order valence-electron chi connectivity index (χ3n) is 5.83. The zero-order chi connectivity index (χ0) is 23.1. The van der Waals surface area contributed by atoms with Gasteiger partial charge in [-0.15, -0.1) is 0 Å². The second-order valence-electron chi connectivity index (χ2n) is 8.96. The summed E-state index contributed by atoms with van der Waals surface area (Å²) in [4.78, 5) is 15.4. The van der Waals surface area contributed by atoms with Crippen LogP contribution >= 0.6 is 0 Å². The van der Waals surface area contributed by atoms with E-state index in [-0.39, 0.29) is 22.8 Å². The van der Waals surface area contributed by atoms with Gasteiger partial charge in [-0.1, -0.05) is 26.0 Å². The lowest BCUT2D eigenvalue weighted by Gasteiger charge is -2.47. The van der Waals surface area contributed by atoms with Crippen LogP contribution in [0.15, 0.2) is 55.0 Å². The average Bonchev–Trinajstić information content (AvgIpc) is 3.22. The van der Waals surface area contributed by atoms with Crippen LogP contribution in [0.3, 0.4) is 0 Å². The Labute approximate surface area is 183 Å². The maximum absolute atomic E-state index is 12.8. The molecule has 1 atom stereocenters. The molecule has 0 aliphatic heterocycles. The summed E-state index contributed by atoms with van der Waals surface area (Å²) in [6, 6.07) is 10.1. The van der Waals surface area contributed by atoms with Crippen LogP contribution in [0.25, 0.3) is 5.82 Å². The fourth-order valence-electron chi connectivity index (χ4n) is 4.28. The van der Waals surface area contributed by atoms with Crippen LogP contribution in [0.4, 0.5) is 18.9 Å². The molecule has 0 saturated heterocycles. The van der Waals surface area contributed by atoms with Gasteiger partial charge in [0.15, 0.2) is 5.82 Å². The molecule has 0 radical (unpaired) electrons. The third-order valence-corrected chi connectivity index (χ3v) is 5.83. The molecule has 2 N–H and O–H groups in total. The molecular formula is C23H23F3N4O2. The van der Waals surface area contributed by atoms with Crippen LogP contribution in [0.5, 0.6) is 0 Å². The van der Waals surface area contributed by atoms with E-state index >= 15 is 0 Å². The molecule has 3 aromatic rings. The van der Waals surface area contributed by atoms with Crippen molar-refractivity contribution in [1.82, 2.24) is 14.8 Å². The van der Waals surface area contributed by atoms with Crippen molar-refractivity contribution in [1.29, 1.82) is 0 Å². The van der Waals surface area contributed by atoms with E-state index in [0.29, 0.717) is 11.6 Å². The van der Waals surface area contributed by atoms with E-state index < -0.39 is 17.7 Å². The second-order valence-corrected chi connectivity index (χ2v) is 8.96. The van der Waals surface area contributed by atoms with Gasteiger partial charge in [-0.05, 0) is 54.0 Å². The topological polar surface area (TPSA) is 80.0 Å². The molecule has 2 heterocycles. The Morgan fingerprint density at radius 2 is 1.84 bits per heavy atom. The fraction of sp³-hybridized carbons (Fsp3) is 0.348. The molecule has 1 aliphatic rings. The lowest BCUT2D eigenvalue weighted by atomic mass is 9.61. The maximum Gasteiger partial charge on any atom is 0.419 e. The van der Waals surface area contributed by atoms with Crippen molar-refractivity contribution < 1.29 is 23.1 Å². The number of nitrogens with zero attached hydrogens (tertiary/aromatic N) is 3. The number of pyridine rings is 1. The van der Waals surface area contributed by atoms with E-state index in [1.165, 1.54) is 0 Å². The monoisotopic (exact) mass is 444 g/mol. The van der Waals surface area contributed by atoms with E-state index in [2.05, 4.69) is 29.2 Å². The van der Waals surface area contributed by atoms with Crippen molar-refractivity contribution in [3.8, 4) is 5.82 Å². The molecule has 1 unspecified atom stereocenters. The molecule has 0 spiro atoms. The molecule has 4 rings (SSSR count). The van der Waals surface area contributed by atoms with E-state index in [0.717, 1.165) is 35.5 Å². The Morgan fingerprint density at radius 3 is 2.34 bits per heavy atom. The maximum atomic E-state index is 12.8. The van der Waals surface area contributed by atoms with Crippen molar-refractivity contribution in [2.75, 3.05) is 5.32 Å². The van der Waals surface area contributed by atoms with Gasteiger partial charge in [0.1, 0.15) is 0 Å². The summed E-state index contributed by atoms with van der Waals surface area (Å²) in [6.07, 6.45) is 0.808. The van der Waals surface area contributed by atoms with Gasteiger partial charge in [0.25, 0.3) is 0 Å². The zero-order valence-corrected chi connectivity index (χ0v) is 17.6. The van der Waals surface area contributed by atoms with Gasteiger partial charge in [0.2, 0.25) is 0 Å². The minimum absolute atomic E-state index is 0.0416. The van der Waals surface area contributed by atoms with Gasteiger partial charge in [-0.3, -0.25) is 0 Å². The standard InChI is InChI=1S/C23H23F3N4O2/c1-22(2)9-16(10-22)20(14-3-5-15(6-4-14)21(31)32)29-18-7-8-19(27-12-18)30-13-17(11-28-30)23(24,25)26/h3-8,11-13,16,20,29H,9-10H2,1-2H3,(H,31,32). The third kappa shape index (κ3) is 4.61. The second kappa shape index (κ2) is 7.96. The number of carboxylic acid groups (broad SMARTS) is 1. The number of rotatable bonds is 6. The number of benzene rings is 1. The van der Waals surface area contributed by atoms with Gasteiger partial charge < -0.3 is 10.4 Å². The summed E-state index contributed by atoms with van der Waals surface area (Å²) in [6.45, 7) is 4.42. The molecular weight excluding hydrogens is 421 g/mol. The Kier molecular flexibility index (Phi) is 5.44. The molecule has 2 aromatic heterocycles. The van der Waals surface area contributed by atoms with Crippen molar-refractivity contribution >= 4 is 11.7 Å². The van der Waals surface area contributed by atoms with Crippen LogP contribution in [0.1, 0.15) is 54.2 Å². The molecule has 6 nitrogen and oxygen atoms in total. The van der Waals surface area contributed by atoms with Gasteiger partial charge >= 0.3 is 12.1 Å². The van der Waals surface area contributed by atoms with E-state index in [1.807, 2.05) is 12.1 Å². The number of carboxylic acids is 1. The summed E-state index contributed by atoms with van der Waals surface area (Å²) in [5.74, 6) is -0.336. The molecule has 168 valence electrons. The Morgan fingerprint density at radius 1 is 1.16 bits per heavy atom. The number of carbonyl (C=O) groups is 1.